The van der Waals surface area contributed by atoms with Crippen LogP contribution in [-0.4, -0.2) is 43.0 Å². The number of rotatable bonds is 9. The molecule has 0 rings (SSSR count). The molecule has 3 N–H and O–H groups in total. The summed E-state index contributed by atoms with van der Waals surface area (Å²) in [4.78, 5) is 20.7. The second kappa shape index (κ2) is 8.65. The van der Waals surface area contributed by atoms with Crippen molar-refractivity contribution >= 4 is 12.3 Å². The molecule has 0 fully saturated rings. The lowest BCUT2D eigenvalue weighted by Crippen LogP contribution is -2.40. The van der Waals surface area contributed by atoms with E-state index in [9.17, 15) is 9.59 Å². The predicted octanol–water partition coefficient (Wildman–Crippen LogP) is -0.382. The summed E-state index contributed by atoms with van der Waals surface area (Å²) in [5.41, 5.74) is 0. The van der Waals surface area contributed by atoms with Crippen LogP contribution in [0.5, 0.6) is 0 Å². The zero-order chi connectivity index (χ0) is 10.8. The van der Waals surface area contributed by atoms with Gasteiger partial charge >= 0.3 is 5.97 Å². The smallest absolute Gasteiger partial charge is 0.320 e. The van der Waals surface area contributed by atoms with Gasteiger partial charge in [-0.05, 0) is 13.0 Å². The monoisotopic (exact) mass is 202 g/mol. The molecule has 0 heterocycles. The van der Waals surface area contributed by atoms with E-state index in [1.54, 1.807) is 0 Å². The predicted molar refractivity (Wildman–Crippen MR) is 53.3 cm³/mol. The summed E-state index contributed by atoms with van der Waals surface area (Å²) in [5.74, 6) is -0.900. The van der Waals surface area contributed by atoms with Crippen molar-refractivity contribution in [2.75, 3.05) is 19.6 Å². The Morgan fingerprint density at radius 3 is 2.71 bits per heavy atom. The third-order valence-corrected chi connectivity index (χ3v) is 1.81. The molecule has 0 aliphatic carbocycles. The highest BCUT2D eigenvalue weighted by Gasteiger charge is 2.14. The standard InChI is InChI=1S/C9H18N2O3/c1-2-10-5-6-11-8(9(13)14)4-3-7-12/h7-8,10-11H,2-6H2,1H3,(H,13,14). The average Bonchev–Trinajstić information content (AvgIpc) is 2.16. The number of hydrogen-bond donors (Lipinski definition) is 3. The minimum Gasteiger partial charge on any atom is -0.480 e. The maximum Gasteiger partial charge on any atom is 0.320 e. The van der Waals surface area contributed by atoms with Crippen molar-refractivity contribution in [2.24, 2.45) is 0 Å². The first kappa shape index (κ1) is 13.1. The summed E-state index contributed by atoms with van der Waals surface area (Å²) in [5, 5.41) is 14.7. The number of carbonyl (C=O) groups excluding carboxylic acids is 1. The summed E-state index contributed by atoms with van der Waals surface area (Å²) in [6.07, 6.45) is 1.37. The highest BCUT2D eigenvalue weighted by Crippen LogP contribution is 1.94. The molecular weight excluding hydrogens is 184 g/mol. The van der Waals surface area contributed by atoms with Gasteiger partial charge in [0.1, 0.15) is 12.3 Å². The molecule has 0 spiro atoms. The summed E-state index contributed by atoms with van der Waals surface area (Å²) in [6.45, 7) is 4.19. The van der Waals surface area contributed by atoms with Crippen LogP contribution in [0.3, 0.4) is 0 Å². The van der Waals surface area contributed by atoms with Crippen molar-refractivity contribution in [1.82, 2.24) is 10.6 Å². The molecule has 0 aromatic heterocycles. The van der Waals surface area contributed by atoms with E-state index in [0.717, 1.165) is 19.4 Å². The van der Waals surface area contributed by atoms with Gasteiger partial charge in [-0.3, -0.25) is 4.79 Å². The highest BCUT2D eigenvalue weighted by atomic mass is 16.4. The number of hydrogen-bond acceptors (Lipinski definition) is 4. The van der Waals surface area contributed by atoms with Crippen LogP contribution in [0.15, 0.2) is 0 Å². The van der Waals surface area contributed by atoms with Crippen LogP contribution >= 0.6 is 0 Å². The lowest BCUT2D eigenvalue weighted by molar-refractivity contribution is -0.139. The minimum absolute atomic E-state index is 0.283. The number of carboxylic acids is 1. The zero-order valence-electron chi connectivity index (χ0n) is 8.45. The summed E-state index contributed by atoms with van der Waals surface area (Å²) >= 11 is 0. The van der Waals surface area contributed by atoms with Gasteiger partial charge in [0.2, 0.25) is 0 Å². The fourth-order valence-corrected chi connectivity index (χ4v) is 1.06. The maximum atomic E-state index is 10.7. The quantitative estimate of drug-likeness (QED) is 0.351. The van der Waals surface area contributed by atoms with Crippen molar-refractivity contribution in [3.8, 4) is 0 Å². The van der Waals surface area contributed by atoms with Crippen LogP contribution in [0, 0.1) is 0 Å². The van der Waals surface area contributed by atoms with Gasteiger partial charge in [0, 0.05) is 19.5 Å². The van der Waals surface area contributed by atoms with Crippen molar-refractivity contribution in [3.05, 3.63) is 0 Å². The molecule has 0 radical (unpaired) electrons. The van der Waals surface area contributed by atoms with Crippen molar-refractivity contribution in [2.45, 2.75) is 25.8 Å². The summed E-state index contributed by atoms with van der Waals surface area (Å²) in [6, 6.07) is -0.612. The molecule has 0 aliphatic heterocycles. The fourth-order valence-electron chi connectivity index (χ4n) is 1.06. The Morgan fingerprint density at radius 2 is 2.21 bits per heavy atom. The van der Waals surface area contributed by atoms with Gasteiger partial charge in [0.25, 0.3) is 0 Å². The molecule has 0 saturated heterocycles. The lowest BCUT2D eigenvalue weighted by Gasteiger charge is -2.12. The van der Waals surface area contributed by atoms with Gasteiger partial charge in [-0.15, -0.1) is 0 Å². The maximum absolute atomic E-state index is 10.7. The van der Waals surface area contributed by atoms with Crippen LogP contribution in [0.1, 0.15) is 19.8 Å². The fraction of sp³-hybridized carbons (Fsp3) is 0.778. The molecule has 1 unspecified atom stereocenters. The van der Waals surface area contributed by atoms with Crippen LogP contribution < -0.4 is 10.6 Å². The molecule has 0 amide bonds. The molecule has 1 atom stereocenters. The normalized spacial score (nSPS) is 12.4. The minimum atomic E-state index is -0.900. The lowest BCUT2D eigenvalue weighted by atomic mass is 10.1. The Kier molecular flexibility index (Phi) is 8.07. The number of carbonyl (C=O) groups is 2. The van der Waals surface area contributed by atoms with Crippen molar-refractivity contribution in [1.29, 1.82) is 0 Å². The third-order valence-electron chi connectivity index (χ3n) is 1.81. The van der Waals surface area contributed by atoms with E-state index in [4.69, 9.17) is 5.11 Å². The Morgan fingerprint density at radius 1 is 1.50 bits per heavy atom. The molecule has 0 aliphatic rings. The topological polar surface area (TPSA) is 78.4 Å². The molecule has 5 nitrogen and oxygen atoms in total. The molecule has 0 aromatic carbocycles. The number of aldehydes is 1. The van der Waals surface area contributed by atoms with E-state index in [1.807, 2.05) is 6.92 Å². The first-order valence-electron chi connectivity index (χ1n) is 4.83. The summed E-state index contributed by atoms with van der Waals surface area (Å²) < 4.78 is 0. The van der Waals surface area contributed by atoms with Gasteiger partial charge in [-0.1, -0.05) is 6.92 Å². The van der Waals surface area contributed by atoms with Crippen LogP contribution in [-0.2, 0) is 9.59 Å². The van der Waals surface area contributed by atoms with E-state index >= 15 is 0 Å². The first-order valence-corrected chi connectivity index (χ1v) is 4.83. The van der Waals surface area contributed by atoms with Crippen molar-refractivity contribution in [3.63, 3.8) is 0 Å². The van der Waals surface area contributed by atoms with E-state index in [1.165, 1.54) is 0 Å². The van der Waals surface area contributed by atoms with Gasteiger partial charge in [0.15, 0.2) is 0 Å². The molecule has 0 saturated carbocycles. The van der Waals surface area contributed by atoms with Crippen molar-refractivity contribution < 1.29 is 14.7 Å². The van der Waals surface area contributed by atoms with Gasteiger partial charge in [0.05, 0.1) is 0 Å². The number of carboxylic acid groups (broad SMARTS) is 1. The van der Waals surface area contributed by atoms with Crippen LogP contribution in [0.25, 0.3) is 0 Å². The molecule has 0 aromatic rings. The average molecular weight is 202 g/mol. The summed E-state index contributed by atoms with van der Waals surface area (Å²) in [7, 11) is 0. The second-order valence-corrected chi connectivity index (χ2v) is 2.94. The Hall–Kier alpha value is -0.940. The molecule has 5 heteroatoms. The highest BCUT2D eigenvalue weighted by molar-refractivity contribution is 5.73. The van der Waals surface area contributed by atoms with E-state index in [2.05, 4.69) is 10.6 Å². The third kappa shape index (κ3) is 6.56. The zero-order valence-corrected chi connectivity index (χ0v) is 8.45. The van der Waals surface area contributed by atoms with Crippen LogP contribution in [0.4, 0.5) is 0 Å². The van der Waals surface area contributed by atoms with Gasteiger partial charge in [-0.2, -0.15) is 0 Å². The molecule has 82 valence electrons. The number of aliphatic carboxylic acids is 1. The second-order valence-electron chi connectivity index (χ2n) is 2.94. The number of nitrogens with one attached hydrogen (secondary N) is 2. The van der Waals surface area contributed by atoms with Crippen LogP contribution in [0.2, 0.25) is 0 Å². The Balaban J connectivity index is 3.62. The van der Waals surface area contributed by atoms with E-state index < -0.39 is 12.0 Å². The van der Waals surface area contributed by atoms with Gasteiger partial charge < -0.3 is 20.5 Å². The van der Waals surface area contributed by atoms with E-state index in [-0.39, 0.29) is 6.42 Å². The molecular formula is C9H18N2O3. The SMILES string of the molecule is CCNCCNC(CCC=O)C(=O)O. The largest absolute Gasteiger partial charge is 0.480 e. The molecule has 14 heavy (non-hydrogen) atoms. The van der Waals surface area contributed by atoms with Gasteiger partial charge in [-0.25, -0.2) is 0 Å². The molecule has 0 bridgehead atoms. The Labute approximate surface area is 83.9 Å². The van der Waals surface area contributed by atoms with E-state index in [0.29, 0.717) is 13.0 Å². The Bertz CT molecular complexity index is 173. The number of likely N-dealkylation sites (N-methyl/N-ethyl adjacent to an activating group) is 1. The first-order chi connectivity index (χ1) is 6.72.